The van der Waals surface area contributed by atoms with Gasteiger partial charge in [0.05, 0.1) is 9.50 Å². The van der Waals surface area contributed by atoms with E-state index in [1.165, 1.54) is 0 Å². The van der Waals surface area contributed by atoms with Crippen molar-refractivity contribution in [2.75, 3.05) is 6.61 Å². The van der Waals surface area contributed by atoms with Gasteiger partial charge in [0.1, 0.15) is 0 Å². The molecule has 116 valence electrons. The van der Waals surface area contributed by atoms with Crippen LogP contribution >= 0.6 is 50.7 Å². The molecule has 0 aliphatic carbocycles. The van der Waals surface area contributed by atoms with Gasteiger partial charge >= 0.3 is 0 Å². The average molecular weight is 424 g/mol. The number of rotatable bonds is 5. The largest absolute Gasteiger partial charge is 0.481 e. The van der Waals surface area contributed by atoms with Gasteiger partial charge in [-0.15, -0.1) is 0 Å². The van der Waals surface area contributed by atoms with E-state index in [-0.39, 0.29) is 12.5 Å². The molecule has 3 nitrogen and oxygen atoms in total. The summed E-state index contributed by atoms with van der Waals surface area (Å²) in [6.45, 7) is 0.168. The number of halogens is 4. The highest BCUT2D eigenvalue weighted by atomic mass is 79.9. The maximum Gasteiger partial charge on any atom is 0.258 e. The molecule has 0 aliphatic heterocycles. The summed E-state index contributed by atoms with van der Waals surface area (Å²) in [6.07, 6.45) is 0. The van der Waals surface area contributed by atoms with Crippen LogP contribution in [0.2, 0.25) is 15.1 Å². The van der Waals surface area contributed by atoms with Crippen LogP contribution in [0.3, 0.4) is 0 Å². The van der Waals surface area contributed by atoms with Crippen molar-refractivity contribution >= 4 is 56.6 Å². The average Bonchev–Trinajstić information content (AvgIpc) is 2.45. The fourth-order valence-corrected chi connectivity index (χ4v) is 3.26. The molecule has 0 aromatic heterocycles. The lowest BCUT2D eigenvalue weighted by molar-refractivity contribution is -0.123. The van der Waals surface area contributed by atoms with Crippen LogP contribution in [0.4, 0.5) is 0 Å². The summed E-state index contributed by atoms with van der Waals surface area (Å²) >= 11 is 21.2. The van der Waals surface area contributed by atoms with Gasteiger partial charge in [-0.25, -0.2) is 0 Å². The quantitative estimate of drug-likeness (QED) is 0.726. The first-order valence-electron chi connectivity index (χ1n) is 6.25. The monoisotopic (exact) mass is 421 g/mol. The third-order valence-corrected chi connectivity index (χ3v) is 4.20. The minimum atomic E-state index is -0.280. The third kappa shape index (κ3) is 4.78. The molecule has 7 heteroatoms. The molecule has 2 aromatic carbocycles. The maximum absolute atomic E-state index is 11.8. The zero-order valence-corrected chi connectivity index (χ0v) is 15.1. The van der Waals surface area contributed by atoms with Gasteiger partial charge in [0.25, 0.3) is 5.91 Å². The maximum atomic E-state index is 11.8. The Morgan fingerprint density at radius 2 is 1.86 bits per heavy atom. The number of hydrogen-bond donors (Lipinski definition) is 1. The predicted molar refractivity (Wildman–Crippen MR) is 93.0 cm³/mol. The smallest absolute Gasteiger partial charge is 0.258 e. The molecular formula is C15H11BrCl3NO2. The van der Waals surface area contributed by atoms with E-state index in [2.05, 4.69) is 21.2 Å². The second kappa shape index (κ2) is 8.06. The van der Waals surface area contributed by atoms with Gasteiger partial charge < -0.3 is 10.1 Å². The molecule has 22 heavy (non-hydrogen) atoms. The Balaban J connectivity index is 1.90. The number of carbonyl (C=O) groups is 1. The zero-order valence-electron chi connectivity index (χ0n) is 11.2. The van der Waals surface area contributed by atoms with Gasteiger partial charge in [0, 0.05) is 16.6 Å². The lowest BCUT2D eigenvalue weighted by atomic mass is 10.2. The van der Waals surface area contributed by atoms with Crippen LogP contribution in [0.25, 0.3) is 0 Å². The van der Waals surface area contributed by atoms with Gasteiger partial charge in [-0.1, -0.05) is 53.0 Å². The number of nitrogens with one attached hydrogen (secondary N) is 1. The number of carbonyl (C=O) groups excluding carboxylic acids is 1. The summed E-state index contributed by atoms with van der Waals surface area (Å²) in [5.74, 6) is 0.0943. The van der Waals surface area contributed by atoms with Crippen molar-refractivity contribution in [1.82, 2.24) is 5.32 Å². The molecule has 0 heterocycles. The van der Waals surface area contributed by atoms with E-state index in [4.69, 9.17) is 39.5 Å². The lowest BCUT2D eigenvalue weighted by Crippen LogP contribution is -2.28. The molecule has 0 fully saturated rings. The molecule has 1 N–H and O–H groups in total. The van der Waals surface area contributed by atoms with E-state index in [1.807, 2.05) is 18.2 Å². The van der Waals surface area contributed by atoms with Crippen molar-refractivity contribution in [3.63, 3.8) is 0 Å². The molecule has 0 saturated carbocycles. The lowest BCUT2D eigenvalue weighted by Gasteiger charge is -2.11. The first-order valence-corrected chi connectivity index (χ1v) is 8.17. The van der Waals surface area contributed by atoms with Crippen LogP contribution in [0.5, 0.6) is 5.75 Å². The molecule has 0 atom stereocenters. The summed E-state index contributed by atoms with van der Waals surface area (Å²) in [7, 11) is 0. The number of ether oxygens (including phenoxy) is 1. The Morgan fingerprint density at radius 1 is 1.14 bits per heavy atom. The third-order valence-electron chi connectivity index (χ3n) is 2.74. The molecular weight excluding hydrogens is 412 g/mol. The van der Waals surface area contributed by atoms with E-state index in [0.29, 0.717) is 31.8 Å². The molecule has 0 radical (unpaired) electrons. The topological polar surface area (TPSA) is 38.3 Å². The summed E-state index contributed by atoms with van der Waals surface area (Å²) < 4.78 is 6.01. The molecule has 0 unspecified atom stereocenters. The Morgan fingerprint density at radius 3 is 2.55 bits per heavy atom. The van der Waals surface area contributed by atoms with E-state index in [0.717, 1.165) is 5.56 Å². The second-order valence-corrected chi connectivity index (χ2v) is 6.46. The normalized spacial score (nSPS) is 10.4. The standard InChI is InChI=1S/C15H11BrCl3NO2/c16-11-5-10(17)6-13(19)15(11)22-8-14(21)20-7-9-3-1-2-4-12(9)18/h1-6H,7-8H2,(H,20,21). The van der Waals surface area contributed by atoms with Gasteiger partial charge in [-0.05, 0) is 39.7 Å². The van der Waals surface area contributed by atoms with Crippen molar-refractivity contribution in [2.45, 2.75) is 6.54 Å². The van der Waals surface area contributed by atoms with Crippen molar-refractivity contribution in [1.29, 1.82) is 0 Å². The molecule has 1 amide bonds. The van der Waals surface area contributed by atoms with Crippen LogP contribution in [-0.4, -0.2) is 12.5 Å². The van der Waals surface area contributed by atoms with Crippen molar-refractivity contribution in [3.05, 3.63) is 61.5 Å². The highest BCUT2D eigenvalue weighted by Gasteiger charge is 2.11. The first-order chi connectivity index (χ1) is 10.5. The summed E-state index contributed by atoms with van der Waals surface area (Å²) in [6, 6.07) is 10.5. The zero-order chi connectivity index (χ0) is 16.1. The van der Waals surface area contributed by atoms with Gasteiger partial charge in [-0.2, -0.15) is 0 Å². The van der Waals surface area contributed by atoms with Gasteiger partial charge in [0.2, 0.25) is 0 Å². The minimum absolute atomic E-state index is 0.162. The number of amides is 1. The molecule has 2 aromatic rings. The van der Waals surface area contributed by atoms with E-state index in [1.54, 1.807) is 18.2 Å². The van der Waals surface area contributed by atoms with Crippen LogP contribution < -0.4 is 10.1 Å². The predicted octanol–water partition coefficient (Wildman–Crippen LogP) is 5.10. The van der Waals surface area contributed by atoms with Gasteiger partial charge in [0.15, 0.2) is 12.4 Å². The Kier molecular flexibility index (Phi) is 6.38. The SMILES string of the molecule is O=C(COc1c(Cl)cc(Cl)cc1Br)NCc1ccccc1Cl. The summed E-state index contributed by atoms with van der Waals surface area (Å²) in [4.78, 5) is 11.8. The molecule has 0 spiro atoms. The van der Waals surface area contributed by atoms with E-state index >= 15 is 0 Å². The van der Waals surface area contributed by atoms with Crippen molar-refractivity contribution in [2.24, 2.45) is 0 Å². The Bertz CT molecular complexity index is 671. The van der Waals surface area contributed by atoms with Crippen LogP contribution in [0, 0.1) is 0 Å². The van der Waals surface area contributed by atoms with Crippen LogP contribution in [0.1, 0.15) is 5.56 Å². The van der Waals surface area contributed by atoms with E-state index < -0.39 is 0 Å². The fourth-order valence-electron chi connectivity index (χ4n) is 1.69. The van der Waals surface area contributed by atoms with E-state index in [9.17, 15) is 4.79 Å². The Hall–Kier alpha value is -0.940. The minimum Gasteiger partial charge on any atom is -0.481 e. The number of benzene rings is 2. The van der Waals surface area contributed by atoms with Crippen molar-refractivity contribution in [3.8, 4) is 5.75 Å². The van der Waals surface area contributed by atoms with Gasteiger partial charge in [-0.3, -0.25) is 4.79 Å². The molecule has 2 rings (SSSR count). The molecule has 0 aliphatic rings. The Labute approximate surface area is 151 Å². The van der Waals surface area contributed by atoms with Crippen LogP contribution in [-0.2, 0) is 11.3 Å². The highest BCUT2D eigenvalue weighted by Crippen LogP contribution is 2.35. The summed E-state index contributed by atoms with van der Waals surface area (Å²) in [5.41, 5.74) is 0.836. The molecule has 0 bridgehead atoms. The fraction of sp³-hybridized carbons (Fsp3) is 0.133. The highest BCUT2D eigenvalue weighted by molar-refractivity contribution is 9.10. The number of hydrogen-bond acceptors (Lipinski definition) is 2. The second-order valence-electron chi connectivity index (χ2n) is 4.36. The summed E-state index contributed by atoms with van der Waals surface area (Å²) in [5, 5.41) is 4.14. The molecule has 0 saturated heterocycles. The first kappa shape index (κ1) is 17.4. The van der Waals surface area contributed by atoms with Crippen LogP contribution in [0.15, 0.2) is 40.9 Å². The van der Waals surface area contributed by atoms with Crippen molar-refractivity contribution < 1.29 is 9.53 Å².